The molecule has 19 heavy (non-hydrogen) atoms. The van der Waals surface area contributed by atoms with Crippen molar-refractivity contribution in [3.63, 3.8) is 0 Å². The number of carboxylic acids is 1. The Morgan fingerprint density at radius 3 is 2.58 bits per heavy atom. The first-order valence-electron chi connectivity index (χ1n) is 5.78. The standard InChI is InChI=1S/C13H15BrFNO3/c1-7(16-12(17)8(2)13(18)19)5-9-3-4-11(15)10(14)6-9/h3-4,6-8H,5H2,1-2H3,(H,16,17)(H,18,19). The Hall–Kier alpha value is -1.43. The molecule has 1 aromatic rings. The summed E-state index contributed by atoms with van der Waals surface area (Å²) >= 11 is 3.09. The van der Waals surface area contributed by atoms with Gasteiger partial charge in [-0.05, 0) is 53.9 Å². The number of halogens is 2. The van der Waals surface area contributed by atoms with Crippen molar-refractivity contribution in [1.29, 1.82) is 0 Å². The summed E-state index contributed by atoms with van der Waals surface area (Å²) in [6, 6.07) is 4.38. The molecule has 2 N–H and O–H groups in total. The molecule has 1 aromatic carbocycles. The molecule has 0 aliphatic heterocycles. The highest BCUT2D eigenvalue weighted by Gasteiger charge is 2.21. The summed E-state index contributed by atoms with van der Waals surface area (Å²) < 4.78 is 13.4. The van der Waals surface area contributed by atoms with E-state index in [1.165, 1.54) is 13.0 Å². The van der Waals surface area contributed by atoms with Crippen molar-refractivity contribution < 1.29 is 19.1 Å². The van der Waals surface area contributed by atoms with Gasteiger partial charge in [-0.1, -0.05) is 6.07 Å². The molecule has 2 unspecified atom stereocenters. The number of hydrogen-bond donors (Lipinski definition) is 2. The zero-order chi connectivity index (χ0) is 14.6. The Balaban J connectivity index is 2.60. The van der Waals surface area contributed by atoms with Gasteiger partial charge in [0.05, 0.1) is 4.47 Å². The summed E-state index contributed by atoms with van der Waals surface area (Å²) in [4.78, 5) is 22.2. The largest absolute Gasteiger partial charge is 0.481 e. The molecule has 2 atom stereocenters. The third-order valence-corrected chi connectivity index (χ3v) is 3.29. The second-order valence-corrected chi connectivity index (χ2v) is 5.28. The van der Waals surface area contributed by atoms with Gasteiger partial charge in [-0.25, -0.2) is 4.39 Å². The van der Waals surface area contributed by atoms with E-state index in [9.17, 15) is 14.0 Å². The summed E-state index contributed by atoms with van der Waals surface area (Å²) in [5.74, 6) is -3.11. The van der Waals surface area contributed by atoms with Crippen LogP contribution in [-0.4, -0.2) is 23.0 Å². The predicted octanol–water partition coefficient (Wildman–Crippen LogP) is 2.36. The van der Waals surface area contributed by atoms with Gasteiger partial charge >= 0.3 is 5.97 Å². The molecule has 4 nitrogen and oxygen atoms in total. The summed E-state index contributed by atoms with van der Waals surface area (Å²) in [5, 5.41) is 11.3. The minimum Gasteiger partial charge on any atom is -0.481 e. The molecule has 0 saturated heterocycles. The number of nitrogens with one attached hydrogen (secondary N) is 1. The molecule has 0 heterocycles. The predicted molar refractivity (Wildman–Crippen MR) is 72.2 cm³/mol. The summed E-state index contributed by atoms with van der Waals surface area (Å²) in [6.07, 6.45) is 0.497. The van der Waals surface area contributed by atoms with Crippen LogP contribution in [0.15, 0.2) is 22.7 Å². The Labute approximate surface area is 119 Å². The normalized spacial score (nSPS) is 13.7. The van der Waals surface area contributed by atoms with Crippen LogP contribution in [0.3, 0.4) is 0 Å². The van der Waals surface area contributed by atoms with Gasteiger partial charge in [0.1, 0.15) is 11.7 Å². The Kier molecular flexibility index (Phi) is 5.47. The number of carboxylic acid groups (broad SMARTS) is 1. The Morgan fingerprint density at radius 2 is 2.05 bits per heavy atom. The fourth-order valence-electron chi connectivity index (χ4n) is 1.55. The van der Waals surface area contributed by atoms with Crippen LogP contribution in [0.4, 0.5) is 4.39 Å². The molecule has 0 aliphatic carbocycles. The summed E-state index contributed by atoms with van der Waals surface area (Å²) in [5.41, 5.74) is 0.851. The van der Waals surface area contributed by atoms with E-state index in [-0.39, 0.29) is 11.9 Å². The number of carbonyl (C=O) groups is 2. The van der Waals surface area contributed by atoms with E-state index < -0.39 is 17.8 Å². The number of rotatable bonds is 5. The van der Waals surface area contributed by atoms with E-state index in [0.717, 1.165) is 5.56 Å². The van der Waals surface area contributed by atoms with Gasteiger partial charge in [-0.3, -0.25) is 9.59 Å². The molecule has 0 radical (unpaired) electrons. The van der Waals surface area contributed by atoms with Gasteiger partial charge in [-0.2, -0.15) is 0 Å². The van der Waals surface area contributed by atoms with Gasteiger partial charge in [-0.15, -0.1) is 0 Å². The second kappa shape index (κ2) is 6.65. The smallest absolute Gasteiger partial charge is 0.315 e. The molecule has 6 heteroatoms. The Bertz CT molecular complexity index is 493. The van der Waals surface area contributed by atoms with Crippen LogP contribution in [-0.2, 0) is 16.0 Å². The number of hydrogen-bond acceptors (Lipinski definition) is 2. The first-order chi connectivity index (χ1) is 8.81. The highest BCUT2D eigenvalue weighted by molar-refractivity contribution is 9.10. The monoisotopic (exact) mass is 331 g/mol. The third kappa shape index (κ3) is 4.63. The number of carbonyl (C=O) groups excluding carboxylic acids is 1. The van der Waals surface area contributed by atoms with Gasteiger partial charge in [0.15, 0.2) is 0 Å². The van der Waals surface area contributed by atoms with Crippen molar-refractivity contribution in [1.82, 2.24) is 5.32 Å². The summed E-state index contributed by atoms with van der Waals surface area (Å²) in [7, 11) is 0. The number of amides is 1. The molecular formula is C13H15BrFNO3. The van der Waals surface area contributed by atoms with Gasteiger partial charge in [0.2, 0.25) is 5.91 Å². The highest BCUT2D eigenvalue weighted by Crippen LogP contribution is 2.17. The van der Waals surface area contributed by atoms with E-state index >= 15 is 0 Å². The maximum atomic E-state index is 13.1. The lowest BCUT2D eigenvalue weighted by atomic mass is 10.1. The quantitative estimate of drug-likeness (QED) is 0.814. The summed E-state index contributed by atoms with van der Waals surface area (Å²) in [6.45, 7) is 3.10. The second-order valence-electron chi connectivity index (χ2n) is 4.42. The maximum Gasteiger partial charge on any atom is 0.315 e. The lowest BCUT2D eigenvalue weighted by molar-refractivity contribution is -0.146. The topological polar surface area (TPSA) is 66.4 Å². The van der Waals surface area contributed by atoms with Gasteiger partial charge in [0.25, 0.3) is 0 Å². The maximum absolute atomic E-state index is 13.1. The van der Waals surface area contributed by atoms with Crippen LogP contribution in [0.2, 0.25) is 0 Å². The number of benzene rings is 1. The third-order valence-electron chi connectivity index (χ3n) is 2.68. The Morgan fingerprint density at radius 1 is 1.42 bits per heavy atom. The zero-order valence-corrected chi connectivity index (χ0v) is 12.2. The van der Waals surface area contributed by atoms with E-state index in [2.05, 4.69) is 21.2 Å². The van der Waals surface area contributed by atoms with Crippen LogP contribution in [0.25, 0.3) is 0 Å². The van der Waals surface area contributed by atoms with Crippen molar-refractivity contribution in [3.8, 4) is 0 Å². The minimum atomic E-state index is -1.16. The van der Waals surface area contributed by atoms with Crippen molar-refractivity contribution in [2.45, 2.75) is 26.3 Å². The van der Waals surface area contributed by atoms with Crippen LogP contribution in [0, 0.1) is 11.7 Å². The van der Waals surface area contributed by atoms with Crippen LogP contribution >= 0.6 is 15.9 Å². The lowest BCUT2D eigenvalue weighted by Gasteiger charge is -2.16. The van der Waals surface area contributed by atoms with Gasteiger partial charge < -0.3 is 10.4 Å². The van der Waals surface area contributed by atoms with Crippen LogP contribution < -0.4 is 5.32 Å². The van der Waals surface area contributed by atoms with Crippen molar-refractivity contribution in [2.24, 2.45) is 5.92 Å². The molecule has 0 aromatic heterocycles. The van der Waals surface area contributed by atoms with E-state index in [0.29, 0.717) is 10.9 Å². The average Bonchev–Trinajstić information content (AvgIpc) is 2.32. The van der Waals surface area contributed by atoms with Crippen LogP contribution in [0.5, 0.6) is 0 Å². The highest BCUT2D eigenvalue weighted by atomic mass is 79.9. The first kappa shape index (κ1) is 15.6. The van der Waals surface area contributed by atoms with Gasteiger partial charge in [0, 0.05) is 6.04 Å². The molecule has 104 valence electrons. The van der Waals surface area contributed by atoms with Crippen molar-refractivity contribution >= 4 is 27.8 Å². The molecule has 0 fully saturated rings. The number of aliphatic carboxylic acids is 1. The fraction of sp³-hybridized carbons (Fsp3) is 0.385. The van der Waals surface area contributed by atoms with E-state index in [4.69, 9.17) is 5.11 Å². The molecule has 0 saturated carbocycles. The fourth-order valence-corrected chi connectivity index (χ4v) is 1.98. The molecule has 1 rings (SSSR count). The minimum absolute atomic E-state index is 0.230. The molecular weight excluding hydrogens is 317 g/mol. The van der Waals surface area contributed by atoms with E-state index in [1.807, 2.05) is 0 Å². The molecule has 0 spiro atoms. The first-order valence-corrected chi connectivity index (χ1v) is 6.57. The lowest BCUT2D eigenvalue weighted by Crippen LogP contribution is -2.40. The van der Waals surface area contributed by atoms with Crippen molar-refractivity contribution in [2.75, 3.05) is 0 Å². The van der Waals surface area contributed by atoms with Crippen molar-refractivity contribution in [3.05, 3.63) is 34.1 Å². The SMILES string of the molecule is CC(Cc1ccc(F)c(Br)c1)NC(=O)C(C)C(=O)O. The average molecular weight is 332 g/mol. The van der Waals surface area contributed by atoms with Crippen LogP contribution in [0.1, 0.15) is 19.4 Å². The molecule has 1 amide bonds. The molecule has 0 aliphatic rings. The molecule has 0 bridgehead atoms. The van der Waals surface area contributed by atoms with E-state index in [1.54, 1.807) is 19.1 Å². The zero-order valence-electron chi connectivity index (χ0n) is 10.6.